The Kier molecular flexibility index (Phi) is 2.38. The molecule has 0 aromatic carbocycles. The zero-order chi connectivity index (χ0) is 9.14. The van der Waals surface area contributed by atoms with Gasteiger partial charge in [-0.05, 0) is 5.92 Å². The maximum absolute atomic E-state index is 5.69. The van der Waals surface area contributed by atoms with Gasteiger partial charge in [0, 0.05) is 11.8 Å². The van der Waals surface area contributed by atoms with Crippen molar-refractivity contribution in [2.75, 3.05) is 5.73 Å². The molecule has 0 saturated carbocycles. The van der Waals surface area contributed by atoms with E-state index >= 15 is 0 Å². The lowest BCUT2D eigenvalue weighted by Gasteiger charge is -2.02. The Morgan fingerprint density at radius 1 is 1.67 bits per heavy atom. The lowest BCUT2D eigenvalue weighted by molar-refractivity contribution is 0.412. The predicted octanol–water partition coefficient (Wildman–Crippen LogP) is 1.21. The summed E-state index contributed by atoms with van der Waals surface area (Å²) in [6, 6.07) is 0. The number of nitrogens with two attached hydrogens (primary N) is 2. The van der Waals surface area contributed by atoms with Crippen LogP contribution in [0.4, 0.5) is 5.69 Å². The Bertz CT molecular complexity index is 288. The Morgan fingerprint density at radius 3 is 2.75 bits per heavy atom. The third kappa shape index (κ3) is 1.78. The van der Waals surface area contributed by atoms with E-state index in [4.69, 9.17) is 16.0 Å². The maximum Gasteiger partial charge on any atom is 0.184 e. The number of nitrogens with zero attached hydrogens (tertiary/aromatic N) is 1. The molecule has 12 heavy (non-hydrogen) atoms. The number of anilines is 1. The standard InChI is InChI=1S/C8H13N3O/c1-5(2)6(9)3-8-7(10)4-11-12-8/h3-5H,9-10H2,1-2H3/b6-3-. The summed E-state index contributed by atoms with van der Waals surface area (Å²) in [7, 11) is 0. The third-order valence-corrected chi connectivity index (χ3v) is 1.59. The summed E-state index contributed by atoms with van der Waals surface area (Å²) < 4.78 is 4.85. The Labute approximate surface area is 71.2 Å². The van der Waals surface area contributed by atoms with E-state index in [1.807, 2.05) is 13.8 Å². The third-order valence-electron chi connectivity index (χ3n) is 1.59. The lowest BCUT2D eigenvalue weighted by Crippen LogP contribution is -2.04. The minimum atomic E-state index is 0.287. The van der Waals surface area contributed by atoms with Crippen molar-refractivity contribution >= 4 is 11.8 Å². The molecule has 1 aromatic rings. The lowest BCUT2D eigenvalue weighted by atomic mass is 10.1. The first-order valence-corrected chi connectivity index (χ1v) is 3.78. The van der Waals surface area contributed by atoms with Gasteiger partial charge in [-0.2, -0.15) is 0 Å². The van der Waals surface area contributed by atoms with Gasteiger partial charge >= 0.3 is 0 Å². The van der Waals surface area contributed by atoms with E-state index < -0.39 is 0 Å². The van der Waals surface area contributed by atoms with Crippen LogP contribution in [0, 0.1) is 5.92 Å². The molecule has 4 heteroatoms. The van der Waals surface area contributed by atoms with E-state index in [9.17, 15) is 0 Å². The minimum absolute atomic E-state index is 0.287. The summed E-state index contributed by atoms with van der Waals surface area (Å²) in [4.78, 5) is 0. The van der Waals surface area contributed by atoms with Gasteiger partial charge < -0.3 is 16.0 Å². The van der Waals surface area contributed by atoms with E-state index in [0.717, 1.165) is 5.70 Å². The van der Waals surface area contributed by atoms with Gasteiger partial charge in [0.05, 0.1) is 11.9 Å². The van der Waals surface area contributed by atoms with Crippen LogP contribution in [0.3, 0.4) is 0 Å². The van der Waals surface area contributed by atoms with E-state index in [1.165, 1.54) is 6.20 Å². The van der Waals surface area contributed by atoms with Crippen LogP contribution in [0.2, 0.25) is 0 Å². The van der Waals surface area contributed by atoms with E-state index in [0.29, 0.717) is 11.4 Å². The highest BCUT2D eigenvalue weighted by atomic mass is 16.5. The molecule has 0 unspecified atom stereocenters. The summed E-state index contributed by atoms with van der Waals surface area (Å²) in [5, 5.41) is 3.53. The molecule has 66 valence electrons. The molecule has 4 N–H and O–H groups in total. The Hall–Kier alpha value is -1.45. The normalized spacial score (nSPS) is 12.4. The van der Waals surface area contributed by atoms with Gasteiger partial charge in [0.15, 0.2) is 5.76 Å². The summed E-state index contributed by atoms with van der Waals surface area (Å²) in [6.07, 6.45) is 3.16. The van der Waals surface area contributed by atoms with Crippen LogP contribution in [0.1, 0.15) is 19.6 Å². The molecule has 0 fully saturated rings. The van der Waals surface area contributed by atoms with Gasteiger partial charge in [0.1, 0.15) is 0 Å². The number of rotatable bonds is 2. The second-order valence-electron chi connectivity index (χ2n) is 2.94. The first-order chi connectivity index (χ1) is 5.61. The van der Waals surface area contributed by atoms with Crippen LogP contribution >= 0.6 is 0 Å². The number of nitrogen functional groups attached to an aromatic ring is 1. The fourth-order valence-electron chi connectivity index (χ4n) is 0.684. The quantitative estimate of drug-likeness (QED) is 0.694. The number of hydrogen-bond acceptors (Lipinski definition) is 4. The average molecular weight is 167 g/mol. The van der Waals surface area contributed by atoms with Gasteiger partial charge in [-0.25, -0.2) is 0 Å². The molecule has 0 amide bonds. The molecule has 0 aliphatic heterocycles. The molecule has 0 aliphatic carbocycles. The topological polar surface area (TPSA) is 78.1 Å². The van der Waals surface area contributed by atoms with Gasteiger partial charge in [-0.1, -0.05) is 19.0 Å². The van der Waals surface area contributed by atoms with Crippen LogP contribution in [-0.4, -0.2) is 5.16 Å². The first-order valence-electron chi connectivity index (χ1n) is 3.78. The molecule has 1 aromatic heterocycles. The van der Waals surface area contributed by atoms with Crippen molar-refractivity contribution in [3.63, 3.8) is 0 Å². The smallest absolute Gasteiger partial charge is 0.184 e. The van der Waals surface area contributed by atoms with Gasteiger partial charge in [0.25, 0.3) is 0 Å². The van der Waals surface area contributed by atoms with Crippen molar-refractivity contribution in [2.24, 2.45) is 11.7 Å². The zero-order valence-corrected chi connectivity index (χ0v) is 7.24. The van der Waals surface area contributed by atoms with E-state index in [1.54, 1.807) is 6.08 Å². The van der Waals surface area contributed by atoms with Crippen LogP contribution in [0.5, 0.6) is 0 Å². The summed E-state index contributed by atoms with van der Waals surface area (Å²) in [5.74, 6) is 0.815. The monoisotopic (exact) mass is 167 g/mol. The second-order valence-corrected chi connectivity index (χ2v) is 2.94. The highest BCUT2D eigenvalue weighted by Gasteiger charge is 2.03. The van der Waals surface area contributed by atoms with Crippen molar-refractivity contribution in [1.82, 2.24) is 5.16 Å². The molecule has 0 aliphatic rings. The minimum Gasteiger partial charge on any atom is -0.402 e. The number of aromatic nitrogens is 1. The molecule has 1 heterocycles. The van der Waals surface area contributed by atoms with Crippen molar-refractivity contribution < 1.29 is 4.52 Å². The van der Waals surface area contributed by atoms with Gasteiger partial charge in [-0.3, -0.25) is 0 Å². The van der Waals surface area contributed by atoms with Crippen LogP contribution in [0.25, 0.3) is 6.08 Å². The molecule has 0 spiro atoms. The molecule has 0 saturated heterocycles. The highest BCUT2D eigenvalue weighted by Crippen LogP contribution is 2.15. The second kappa shape index (κ2) is 3.30. The summed E-state index contributed by atoms with van der Waals surface area (Å²) in [6.45, 7) is 4.00. The Morgan fingerprint density at radius 2 is 2.33 bits per heavy atom. The van der Waals surface area contributed by atoms with Crippen LogP contribution in [0.15, 0.2) is 16.4 Å². The fraction of sp³-hybridized carbons (Fsp3) is 0.375. The number of hydrogen-bond donors (Lipinski definition) is 2. The summed E-state index contributed by atoms with van der Waals surface area (Å²) >= 11 is 0. The zero-order valence-electron chi connectivity index (χ0n) is 7.24. The van der Waals surface area contributed by atoms with Crippen molar-refractivity contribution in [1.29, 1.82) is 0 Å². The predicted molar refractivity (Wildman–Crippen MR) is 47.9 cm³/mol. The molecule has 1 rings (SSSR count). The highest BCUT2D eigenvalue weighted by molar-refractivity contribution is 5.59. The average Bonchev–Trinajstić information content (AvgIpc) is 2.36. The first kappa shape index (κ1) is 8.64. The number of allylic oxidation sites excluding steroid dienone is 1. The van der Waals surface area contributed by atoms with Gasteiger partial charge in [-0.15, -0.1) is 0 Å². The van der Waals surface area contributed by atoms with E-state index in [-0.39, 0.29) is 5.92 Å². The molecule has 0 bridgehead atoms. The van der Waals surface area contributed by atoms with E-state index in [2.05, 4.69) is 5.16 Å². The van der Waals surface area contributed by atoms with Crippen LogP contribution in [-0.2, 0) is 0 Å². The summed E-state index contributed by atoms with van der Waals surface area (Å²) in [5.41, 5.74) is 12.5. The molecular formula is C8H13N3O. The molecular weight excluding hydrogens is 154 g/mol. The maximum atomic E-state index is 5.69. The fourth-order valence-corrected chi connectivity index (χ4v) is 0.684. The van der Waals surface area contributed by atoms with Crippen molar-refractivity contribution in [3.05, 3.63) is 17.7 Å². The van der Waals surface area contributed by atoms with Gasteiger partial charge in [0.2, 0.25) is 0 Å². The van der Waals surface area contributed by atoms with Crippen molar-refractivity contribution in [2.45, 2.75) is 13.8 Å². The largest absolute Gasteiger partial charge is 0.402 e. The molecule has 0 radical (unpaired) electrons. The molecule has 0 atom stereocenters. The SMILES string of the molecule is CC(C)/C(N)=C/c1oncc1N. The van der Waals surface area contributed by atoms with Crippen LogP contribution < -0.4 is 11.5 Å². The molecule has 4 nitrogen and oxygen atoms in total. The Balaban J connectivity index is 2.87. The van der Waals surface area contributed by atoms with Crippen molar-refractivity contribution in [3.8, 4) is 0 Å².